The van der Waals surface area contributed by atoms with Gasteiger partial charge < -0.3 is 4.57 Å². The van der Waals surface area contributed by atoms with Crippen molar-refractivity contribution in [2.45, 2.75) is 0 Å². The summed E-state index contributed by atoms with van der Waals surface area (Å²) in [4.78, 5) is 15.9. The molecule has 0 saturated carbocycles. The highest BCUT2D eigenvalue weighted by atomic mass is 15.2. The SMILES string of the molecule is c1ccc(-c2ccc(-n3c4ccccc4c4c(-c5ccccc5)c5c6ccccc6n(-c6nc(-c7ccccc7)nc(-c7cccc(-c8ccccc8)c7)n6)c5cc43)cc2)cc1. The van der Waals surface area contributed by atoms with Gasteiger partial charge in [-0.3, -0.25) is 4.57 Å². The van der Waals surface area contributed by atoms with E-state index < -0.39 is 0 Å². The maximum absolute atomic E-state index is 5.38. The summed E-state index contributed by atoms with van der Waals surface area (Å²) in [7, 11) is 0. The molecule has 5 nitrogen and oxygen atoms in total. The Kier molecular flexibility index (Phi) is 8.42. The van der Waals surface area contributed by atoms with Gasteiger partial charge in [-0.15, -0.1) is 0 Å². The van der Waals surface area contributed by atoms with Crippen LogP contribution in [-0.2, 0) is 0 Å². The summed E-state index contributed by atoms with van der Waals surface area (Å²) in [6.07, 6.45) is 0. The normalized spacial score (nSPS) is 11.5. The van der Waals surface area contributed by atoms with E-state index in [1.165, 1.54) is 27.5 Å². The van der Waals surface area contributed by atoms with Crippen LogP contribution in [0.4, 0.5) is 0 Å². The van der Waals surface area contributed by atoms with Gasteiger partial charge in [0.2, 0.25) is 5.95 Å². The van der Waals surface area contributed by atoms with Gasteiger partial charge in [0.25, 0.3) is 0 Å². The van der Waals surface area contributed by atoms with Gasteiger partial charge in [0.15, 0.2) is 11.6 Å². The molecule has 5 heteroatoms. The largest absolute Gasteiger partial charge is 0.309 e. The number of aromatic nitrogens is 5. The van der Waals surface area contributed by atoms with Crippen LogP contribution in [0.3, 0.4) is 0 Å². The van der Waals surface area contributed by atoms with E-state index in [0.717, 1.165) is 66.3 Å². The van der Waals surface area contributed by atoms with Crippen LogP contribution in [0.1, 0.15) is 0 Å². The molecule has 0 amide bonds. The van der Waals surface area contributed by atoms with E-state index in [1.54, 1.807) is 0 Å². The van der Waals surface area contributed by atoms with Crippen molar-refractivity contribution in [3.05, 3.63) is 224 Å². The highest BCUT2D eigenvalue weighted by molar-refractivity contribution is 6.28. The minimum Gasteiger partial charge on any atom is -0.309 e. The minimum atomic E-state index is 0.554. The van der Waals surface area contributed by atoms with E-state index in [1.807, 2.05) is 24.3 Å². The molecule has 9 aromatic carbocycles. The predicted molar refractivity (Wildman–Crippen MR) is 256 cm³/mol. The predicted octanol–water partition coefficient (Wildman–Crippen LogP) is 14.4. The molecule has 0 atom stereocenters. The fourth-order valence-electron chi connectivity index (χ4n) is 9.17. The first kappa shape index (κ1) is 35.5. The van der Waals surface area contributed by atoms with Gasteiger partial charge in [0, 0.05) is 43.9 Å². The Balaban J connectivity index is 1.18. The molecule has 0 radical (unpaired) electrons. The molecule has 0 aliphatic rings. The van der Waals surface area contributed by atoms with Gasteiger partial charge in [0.05, 0.1) is 22.1 Å². The van der Waals surface area contributed by atoms with Gasteiger partial charge in [0.1, 0.15) is 0 Å². The minimum absolute atomic E-state index is 0.554. The van der Waals surface area contributed by atoms with E-state index in [9.17, 15) is 0 Å². The lowest BCUT2D eigenvalue weighted by Crippen LogP contribution is -2.06. The maximum atomic E-state index is 5.38. The number of rotatable bonds is 7. The topological polar surface area (TPSA) is 48.5 Å². The van der Waals surface area contributed by atoms with E-state index in [4.69, 9.17) is 15.0 Å². The summed E-state index contributed by atoms with van der Waals surface area (Å²) in [5.74, 6) is 1.77. The highest BCUT2D eigenvalue weighted by Gasteiger charge is 2.25. The number of hydrogen-bond acceptors (Lipinski definition) is 3. The lowest BCUT2D eigenvalue weighted by atomic mass is 9.94. The molecule has 12 aromatic rings. The van der Waals surface area contributed by atoms with Crippen molar-refractivity contribution in [2.75, 3.05) is 0 Å². The maximum Gasteiger partial charge on any atom is 0.238 e. The van der Waals surface area contributed by atoms with Crippen LogP contribution in [0.2, 0.25) is 0 Å². The zero-order valence-electron chi connectivity index (χ0n) is 33.6. The van der Waals surface area contributed by atoms with Crippen molar-refractivity contribution < 1.29 is 0 Å². The molecule has 0 spiro atoms. The number of fused-ring (bicyclic) bond motifs is 6. The molecule has 0 fully saturated rings. The molecule has 3 heterocycles. The second-order valence-corrected chi connectivity index (χ2v) is 15.6. The van der Waals surface area contributed by atoms with Gasteiger partial charge in [-0.25, -0.2) is 4.98 Å². The first-order valence-corrected chi connectivity index (χ1v) is 21.0. The van der Waals surface area contributed by atoms with E-state index >= 15 is 0 Å². The lowest BCUT2D eigenvalue weighted by Gasteiger charge is -2.14. The van der Waals surface area contributed by atoms with Crippen molar-refractivity contribution in [1.82, 2.24) is 24.1 Å². The van der Waals surface area contributed by atoms with Crippen LogP contribution in [0, 0.1) is 0 Å². The summed E-state index contributed by atoms with van der Waals surface area (Å²) in [6.45, 7) is 0. The molecule has 0 aliphatic heterocycles. The quantitative estimate of drug-likeness (QED) is 0.162. The molecule has 0 saturated heterocycles. The molecule has 290 valence electrons. The van der Waals surface area contributed by atoms with Crippen LogP contribution in [0.25, 0.3) is 111 Å². The van der Waals surface area contributed by atoms with Crippen LogP contribution < -0.4 is 0 Å². The Bertz CT molecular complexity index is 3590. The van der Waals surface area contributed by atoms with Crippen molar-refractivity contribution in [1.29, 1.82) is 0 Å². The molecule has 0 bridgehead atoms. The number of nitrogens with zero attached hydrogens (tertiary/aromatic N) is 5. The summed E-state index contributed by atoms with van der Waals surface area (Å²) < 4.78 is 4.66. The Morgan fingerprint density at radius 1 is 0.274 bits per heavy atom. The highest BCUT2D eigenvalue weighted by Crippen LogP contribution is 2.47. The first-order chi connectivity index (χ1) is 30.8. The third kappa shape index (κ3) is 5.90. The molecule has 12 rings (SSSR count). The third-order valence-corrected chi connectivity index (χ3v) is 12.0. The first-order valence-electron chi connectivity index (χ1n) is 21.0. The molecular weight excluding hydrogens is 755 g/mol. The second kappa shape index (κ2) is 14.7. The van der Waals surface area contributed by atoms with Gasteiger partial charge in [-0.1, -0.05) is 188 Å². The standard InChI is InChI=1S/C57H37N5/c1-5-18-38(19-6-1)40-32-34-45(35-33-40)61-48-30-15-13-28-46(48)53-50(61)37-51-54(52(53)41-22-9-3-10-23-41)47-29-14-16-31-49(47)62(51)57-59-55(42-24-11-4-12-25-42)58-56(60-57)44-27-17-26-43(36-44)39-20-7-2-8-21-39/h1-37H. The Morgan fingerprint density at radius 2 is 0.710 bits per heavy atom. The summed E-state index contributed by atoms with van der Waals surface area (Å²) in [5.41, 5.74) is 14.1. The molecule has 0 N–H and O–H groups in total. The Labute approximate surface area is 358 Å². The smallest absolute Gasteiger partial charge is 0.238 e. The second-order valence-electron chi connectivity index (χ2n) is 15.6. The van der Waals surface area contributed by atoms with Crippen molar-refractivity contribution in [3.63, 3.8) is 0 Å². The molecule has 0 unspecified atom stereocenters. The summed E-state index contributed by atoms with van der Waals surface area (Å²) in [6, 6.07) is 79.2. The van der Waals surface area contributed by atoms with Crippen molar-refractivity contribution in [3.8, 4) is 67.8 Å². The average molecular weight is 792 g/mol. The summed E-state index contributed by atoms with van der Waals surface area (Å²) >= 11 is 0. The molecule has 0 aliphatic carbocycles. The summed E-state index contributed by atoms with van der Waals surface area (Å²) in [5, 5.41) is 4.67. The van der Waals surface area contributed by atoms with Gasteiger partial charge in [-0.2, -0.15) is 9.97 Å². The van der Waals surface area contributed by atoms with E-state index in [0.29, 0.717) is 17.6 Å². The number of para-hydroxylation sites is 2. The van der Waals surface area contributed by atoms with Crippen LogP contribution >= 0.6 is 0 Å². The Hall–Kier alpha value is -8.41. The fraction of sp³-hybridized carbons (Fsp3) is 0. The van der Waals surface area contributed by atoms with Crippen molar-refractivity contribution in [2.24, 2.45) is 0 Å². The fourth-order valence-corrected chi connectivity index (χ4v) is 9.17. The van der Waals surface area contributed by atoms with Gasteiger partial charge >= 0.3 is 0 Å². The third-order valence-electron chi connectivity index (χ3n) is 12.0. The van der Waals surface area contributed by atoms with Crippen LogP contribution in [-0.4, -0.2) is 24.1 Å². The molecule has 3 aromatic heterocycles. The van der Waals surface area contributed by atoms with Crippen LogP contribution in [0.15, 0.2) is 224 Å². The number of hydrogen-bond donors (Lipinski definition) is 0. The average Bonchev–Trinajstić information content (AvgIpc) is 3.87. The van der Waals surface area contributed by atoms with Gasteiger partial charge in [-0.05, 0) is 64.2 Å². The zero-order chi connectivity index (χ0) is 41.0. The van der Waals surface area contributed by atoms with Crippen molar-refractivity contribution >= 4 is 43.6 Å². The number of benzene rings is 9. The monoisotopic (exact) mass is 791 g/mol. The van der Waals surface area contributed by atoms with E-state index in [-0.39, 0.29) is 0 Å². The zero-order valence-corrected chi connectivity index (χ0v) is 33.6. The van der Waals surface area contributed by atoms with E-state index in [2.05, 4.69) is 209 Å². The molecule has 62 heavy (non-hydrogen) atoms. The Morgan fingerprint density at radius 3 is 1.32 bits per heavy atom. The lowest BCUT2D eigenvalue weighted by molar-refractivity contribution is 0.953. The molecular formula is C57H37N5. The van der Waals surface area contributed by atoms with Crippen LogP contribution in [0.5, 0.6) is 0 Å².